The Balaban J connectivity index is 2.78. The number of thioether (sulfide) groups is 1. The van der Waals surface area contributed by atoms with Gasteiger partial charge in [0.05, 0.1) is 0 Å². The summed E-state index contributed by atoms with van der Waals surface area (Å²) in [5.41, 5.74) is 1.34. The number of rotatable bonds is 8. The average Bonchev–Trinajstić information content (AvgIpc) is 2.42. The maximum absolute atomic E-state index is 9.13. The Bertz CT molecular complexity index is 386. The van der Waals surface area contributed by atoms with Gasteiger partial charge in [0.15, 0.2) is 0 Å². The zero-order chi connectivity index (χ0) is 14.3. The van der Waals surface area contributed by atoms with Crippen LogP contribution in [0.3, 0.4) is 0 Å². The van der Waals surface area contributed by atoms with E-state index in [2.05, 4.69) is 60.2 Å². The van der Waals surface area contributed by atoms with Gasteiger partial charge in [-0.1, -0.05) is 35.8 Å². The van der Waals surface area contributed by atoms with Crippen LogP contribution in [0.15, 0.2) is 27.6 Å². The van der Waals surface area contributed by atoms with Gasteiger partial charge in [-0.25, -0.2) is 0 Å². The van der Waals surface area contributed by atoms with E-state index in [4.69, 9.17) is 5.11 Å². The molecule has 0 amide bonds. The number of hydrogen-bond acceptors (Lipinski definition) is 3. The summed E-state index contributed by atoms with van der Waals surface area (Å²) in [6.07, 6.45) is 1.14. The van der Waals surface area contributed by atoms with Gasteiger partial charge in [-0.2, -0.15) is 0 Å². The van der Waals surface area contributed by atoms with Gasteiger partial charge in [-0.15, -0.1) is 11.8 Å². The number of aliphatic hydroxyl groups excluding tert-OH is 1. The maximum Gasteiger partial charge on any atom is 0.0464 e. The van der Waals surface area contributed by atoms with Crippen molar-refractivity contribution in [3.8, 4) is 0 Å². The summed E-state index contributed by atoms with van der Waals surface area (Å²) in [7, 11) is 0. The molecule has 1 aromatic rings. The first-order valence-corrected chi connectivity index (χ1v) is 8.62. The second kappa shape index (κ2) is 9.01. The van der Waals surface area contributed by atoms with Gasteiger partial charge < -0.3 is 10.4 Å². The second-order valence-corrected chi connectivity index (χ2v) is 6.93. The number of benzene rings is 1. The van der Waals surface area contributed by atoms with Crippen molar-refractivity contribution in [1.82, 2.24) is 5.32 Å². The SMILES string of the molecule is CCCNC(C)c1ccc(Br)cc1SCC(C)CO. The van der Waals surface area contributed by atoms with Crippen LogP contribution in [-0.4, -0.2) is 24.0 Å². The molecule has 0 aromatic heterocycles. The van der Waals surface area contributed by atoms with E-state index in [1.165, 1.54) is 10.5 Å². The third-order valence-electron chi connectivity index (χ3n) is 2.98. The van der Waals surface area contributed by atoms with Gasteiger partial charge >= 0.3 is 0 Å². The van der Waals surface area contributed by atoms with Crippen molar-refractivity contribution in [3.63, 3.8) is 0 Å². The van der Waals surface area contributed by atoms with Gasteiger partial charge in [0, 0.05) is 27.8 Å². The van der Waals surface area contributed by atoms with Gasteiger partial charge in [0.25, 0.3) is 0 Å². The van der Waals surface area contributed by atoms with E-state index in [9.17, 15) is 0 Å². The van der Waals surface area contributed by atoms with E-state index in [0.29, 0.717) is 12.0 Å². The van der Waals surface area contributed by atoms with Gasteiger partial charge in [0.1, 0.15) is 0 Å². The van der Waals surface area contributed by atoms with Crippen LogP contribution in [0, 0.1) is 5.92 Å². The van der Waals surface area contributed by atoms with E-state index < -0.39 is 0 Å². The average molecular weight is 346 g/mol. The molecule has 0 fully saturated rings. The zero-order valence-electron chi connectivity index (χ0n) is 11.9. The molecule has 0 aliphatic rings. The van der Waals surface area contributed by atoms with Crippen LogP contribution in [0.5, 0.6) is 0 Å². The van der Waals surface area contributed by atoms with Crippen LogP contribution in [0.25, 0.3) is 0 Å². The number of halogens is 1. The minimum absolute atomic E-state index is 0.250. The predicted molar refractivity (Wildman–Crippen MR) is 87.8 cm³/mol. The van der Waals surface area contributed by atoms with E-state index in [-0.39, 0.29) is 6.61 Å². The summed E-state index contributed by atoms with van der Waals surface area (Å²) in [6, 6.07) is 6.82. The summed E-state index contributed by atoms with van der Waals surface area (Å²) < 4.78 is 1.11. The molecule has 0 heterocycles. The third kappa shape index (κ3) is 5.86. The summed E-state index contributed by atoms with van der Waals surface area (Å²) in [6.45, 7) is 7.75. The topological polar surface area (TPSA) is 32.3 Å². The Kier molecular flexibility index (Phi) is 8.07. The lowest BCUT2D eigenvalue weighted by atomic mass is 10.1. The summed E-state index contributed by atoms with van der Waals surface area (Å²) in [5.74, 6) is 1.27. The monoisotopic (exact) mass is 345 g/mol. The van der Waals surface area contributed by atoms with Crippen LogP contribution >= 0.6 is 27.7 Å². The van der Waals surface area contributed by atoms with E-state index >= 15 is 0 Å². The van der Waals surface area contributed by atoms with Crippen LogP contribution < -0.4 is 5.32 Å². The lowest BCUT2D eigenvalue weighted by Crippen LogP contribution is -2.20. The second-order valence-electron chi connectivity index (χ2n) is 4.96. The van der Waals surface area contributed by atoms with Crippen molar-refractivity contribution >= 4 is 27.7 Å². The van der Waals surface area contributed by atoms with Crippen molar-refractivity contribution in [2.24, 2.45) is 5.92 Å². The Labute approximate surface area is 129 Å². The van der Waals surface area contributed by atoms with E-state index in [0.717, 1.165) is 23.2 Å². The standard InChI is InChI=1S/C15H24BrNOS/c1-4-7-17-12(3)14-6-5-13(16)8-15(14)19-10-11(2)9-18/h5-6,8,11-12,17-18H,4,7,9-10H2,1-3H3. The Hall–Kier alpha value is -0.0300. The van der Waals surface area contributed by atoms with Crippen molar-refractivity contribution in [2.75, 3.05) is 18.9 Å². The summed E-state index contributed by atoms with van der Waals surface area (Å²) >= 11 is 5.36. The first kappa shape index (κ1) is 17.0. The molecule has 19 heavy (non-hydrogen) atoms. The molecule has 0 aliphatic heterocycles. The zero-order valence-corrected chi connectivity index (χ0v) is 14.4. The Morgan fingerprint density at radius 2 is 2.11 bits per heavy atom. The molecule has 0 bridgehead atoms. The first-order valence-electron chi connectivity index (χ1n) is 6.85. The lowest BCUT2D eigenvalue weighted by molar-refractivity contribution is 0.250. The molecule has 0 saturated heterocycles. The molecule has 2 unspecified atom stereocenters. The smallest absolute Gasteiger partial charge is 0.0464 e. The highest BCUT2D eigenvalue weighted by atomic mass is 79.9. The fourth-order valence-electron chi connectivity index (χ4n) is 1.75. The molecular formula is C15H24BrNOS. The molecule has 1 rings (SSSR count). The molecule has 0 radical (unpaired) electrons. The summed E-state index contributed by atoms with van der Waals surface area (Å²) in [4.78, 5) is 1.30. The van der Waals surface area contributed by atoms with Crippen LogP contribution in [-0.2, 0) is 0 Å². The molecule has 1 aromatic carbocycles. The van der Waals surface area contributed by atoms with Gasteiger partial charge in [-0.3, -0.25) is 0 Å². The quantitative estimate of drug-likeness (QED) is 0.691. The molecule has 108 valence electrons. The highest BCUT2D eigenvalue weighted by Gasteiger charge is 2.12. The van der Waals surface area contributed by atoms with E-state index in [1.807, 2.05) is 11.8 Å². The highest BCUT2D eigenvalue weighted by Crippen LogP contribution is 2.31. The third-order valence-corrected chi connectivity index (χ3v) is 4.87. The predicted octanol–water partition coefficient (Wildman–Crippen LogP) is 4.23. The van der Waals surface area contributed by atoms with Crippen LogP contribution in [0.4, 0.5) is 0 Å². The maximum atomic E-state index is 9.13. The lowest BCUT2D eigenvalue weighted by Gasteiger charge is -2.18. The van der Waals surface area contributed by atoms with Crippen LogP contribution in [0.2, 0.25) is 0 Å². The van der Waals surface area contributed by atoms with Crippen molar-refractivity contribution in [1.29, 1.82) is 0 Å². The first-order chi connectivity index (χ1) is 9.08. The van der Waals surface area contributed by atoms with Crippen LogP contribution in [0.1, 0.15) is 38.8 Å². The Morgan fingerprint density at radius 1 is 1.37 bits per heavy atom. The molecule has 2 N–H and O–H groups in total. The fraction of sp³-hybridized carbons (Fsp3) is 0.600. The van der Waals surface area contributed by atoms with Crippen molar-refractivity contribution < 1.29 is 5.11 Å². The molecule has 2 atom stereocenters. The number of nitrogens with one attached hydrogen (secondary N) is 1. The van der Waals surface area contributed by atoms with Crippen molar-refractivity contribution in [3.05, 3.63) is 28.2 Å². The number of aliphatic hydroxyl groups is 1. The normalized spacial score (nSPS) is 14.4. The molecule has 4 heteroatoms. The molecule has 0 saturated carbocycles. The molecular weight excluding hydrogens is 322 g/mol. The molecule has 0 spiro atoms. The minimum atomic E-state index is 0.250. The van der Waals surface area contributed by atoms with Crippen molar-refractivity contribution in [2.45, 2.75) is 38.1 Å². The van der Waals surface area contributed by atoms with Gasteiger partial charge in [0.2, 0.25) is 0 Å². The number of hydrogen-bond donors (Lipinski definition) is 2. The Morgan fingerprint density at radius 3 is 2.74 bits per heavy atom. The van der Waals surface area contributed by atoms with Gasteiger partial charge in [-0.05, 0) is 43.5 Å². The fourth-order valence-corrected chi connectivity index (χ4v) is 3.45. The molecule has 2 nitrogen and oxygen atoms in total. The highest BCUT2D eigenvalue weighted by molar-refractivity contribution is 9.10. The molecule has 0 aliphatic carbocycles. The minimum Gasteiger partial charge on any atom is -0.396 e. The summed E-state index contributed by atoms with van der Waals surface area (Å²) in [5, 5.41) is 12.7. The largest absolute Gasteiger partial charge is 0.396 e. The van der Waals surface area contributed by atoms with E-state index in [1.54, 1.807) is 0 Å².